The Hall–Kier alpha value is -1.23. The van der Waals surface area contributed by atoms with Crippen LogP contribution in [0.1, 0.15) is 45.7 Å². The van der Waals surface area contributed by atoms with Crippen LogP contribution in [-0.2, 0) is 0 Å². The standard InChI is InChI=1S/C12H20N4S/c1-4-12(5-2,6-3)16-10-8-14-9(7-15-10)11(13)17/h7-8H,4-6H2,1-3H3,(H2,13,17)(H,15,16). The molecule has 17 heavy (non-hydrogen) atoms. The van der Waals surface area contributed by atoms with E-state index >= 15 is 0 Å². The molecule has 1 aromatic rings. The largest absolute Gasteiger partial charge is 0.388 e. The van der Waals surface area contributed by atoms with Crippen LogP contribution in [-0.4, -0.2) is 20.5 Å². The summed E-state index contributed by atoms with van der Waals surface area (Å²) in [5, 5.41) is 3.45. The van der Waals surface area contributed by atoms with Gasteiger partial charge >= 0.3 is 0 Å². The van der Waals surface area contributed by atoms with Crippen LogP contribution >= 0.6 is 12.2 Å². The molecule has 0 saturated heterocycles. The molecule has 94 valence electrons. The van der Waals surface area contributed by atoms with Gasteiger partial charge in [-0.15, -0.1) is 0 Å². The highest BCUT2D eigenvalue weighted by Crippen LogP contribution is 2.24. The van der Waals surface area contributed by atoms with Gasteiger partial charge in [0.1, 0.15) is 16.5 Å². The summed E-state index contributed by atoms with van der Waals surface area (Å²) >= 11 is 4.84. The van der Waals surface area contributed by atoms with Crippen molar-refractivity contribution in [2.75, 3.05) is 5.32 Å². The fraction of sp³-hybridized carbons (Fsp3) is 0.583. The van der Waals surface area contributed by atoms with Crippen molar-refractivity contribution < 1.29 is 0 Å². The topological polar surface area (TPSA) is 63.8 Å². The minimum atomic E-state index is 0.0966. The monoisotopic (exact) mass is 252 g/mol. The number of anilines is 1. The van der Waals surface area contributed by atoms with E-state index in [0.29, 0.717) is 5.69 Å². The Kier molecular flexibility index (Phi) is 4.81. The van der Waals surface area contributed by atoms with E-state index in [1.807, 2.05) is 0 Å². The Labute approximate surface area is 108 Å². The third kappa shape index (κ3) is 3.36. The van der Waals surface area contributed by atoms with Crippen LogP contribution in [0.15, 0.2) is 12.4 Å². The summed E-state index contributed by atoms with van der Waals surface area (Å²) in [6.07, 6.45) is 6.46. The molecule has 3 N–H and O–H groups in total. The summed E-state index contributed by atoms with van der Waals surface area (Å²) in [6, 6.07) is 0. The molecule has 1 aromatic heterocycles. The molecule has 0 saturated carbocycles. The fourth-order valence-electron chi connectivity index (χ4n) is 1.81. The molecule has 1 rings (SSSR count). The van der Waals surface area contributed by atoms with E-state index in [2.05, 4.69) is 36.1 Å². The van der Waals surface area contributed by atoms with Gasteiger partial charge < -0.3 is 11.1 Å². The average molecular weight is 252 g/mol. The molecule has 0 aromatic carbocycles. The zero-order valence-corrected chi connectivity index (χ0v) is 11.5. The van der Waals surface area contributed by atoms with Crippen molar-refractivity contribution in [3.8, 4) is 0 Å². The van der Waals surface area contributed by atoms with Crippen LogP contribution in [0.2, 0.25) is 0 Å². The van der Waals surface area contributed by atoms with Crippen LogP contribution < -0.4 is 11.1 Å². The van der Waals surface area contributed by atoms with E-state index < -0.39 is 0 Å². The highest BCUT2D eigenvalue weighted by Gasteiger charge is 2.23. The normalized spacial score (nSPS) is 11.2. The molecule has 0 spiro atoms. The van der Waals surface area contributed by atoms with Gasteiger partial charge in [-0.05, 0) is 19.3 Å². The SMILES string of the molecule is CCC(CC)(CC)Nc1cnc(C(N)=S)cn1. The summed E-state index contributed by atoms with van der Waals surface area (Å²) in [7, 11) is 0. The summed E-state index contributed by atoms with van der Waals surface area (Å²) in [5.41, 5.74) is 6.13. The van der Waals surface area contributed by atoms with Crippen molar-refractivity contribution in [1.82, 2.24) is 9.97 Å². The smallest absolute Gasteiger partial charge is 0.144 e. The number of hydrogen-bond donors (Lipinski definition) is 2. The van der Waals surface area contributed by atoms with Gasteiger partial charge in [0.15, 0.2) is 0 Å². The van der Waals surface area contributed by atoms with Crippen LogP contribution in [0, 0.1) is 0 Å². The molecule has 0 aliphatic carbocycles. The van der Waals surface area contributed by atoms with E-state index in [4.69, 9.17) is 18.0 Å². The van der Waals surface area contributed by atoms with Crippen LogP contribution in [0.5, 0.6) is 0 Å². The third-order valence-electron chi connectivity index (χ3n) is 3.33. The number of nitrogens with two attached hydrogens (primary N) is 1. The third-order valence-corrected chi connectivity index (χ3v) is 3.54. The Morgan fingerprint density at radius 3 is 2.18 bits per heavy atom. The molecule has 4 nitrogen and oxygen atoms in total. The molecule has 0 aliphatic heterocycles. The van der Waals surface area contributed by atoms with Crippen LogP contribution in [0.25, 0.3) is 0 Å². The van der Waals surface area contributed by atoms with Crippen LogP contribution in [0.3, 0.4) is 0 Å². The molecule has 1 heterocycles. The zero-order valence-electron chi connectivity index (χ0n) is 10.7. The highest BCUT2D eigenvalue weighted by molar-refractivity contribution is 7.80. The minimum absolute atomic E-state index is 0.0966. The van der Waals surface area contributed by atoms with E-state index in [1.54, 1.807) is 12.4 Å². The molecule has 0 bridgehead atoms. The van der Waals surface area contributed by atoms with Crippen LogP contribution in [0.4, 0.5) is 5.82 Å². The van der Waals surface area contributed by atoms with Crippen molar-refractivity contribution in [3.63, 3.8) is 0 Å². The maximum atomic E-state index is 5.48. The predicted octanol–water partition coefficient (Wildman–Crippen LogP) is 2.49. The van der Waals surface area contributed by atoms with Gasteiger partial charge in [-0.3, -0.25) is 0 Å². The Morgan fingerprint density at radius 2 is 1.82 bits per heavy atom. The zero-order chi connectivity index (χ0) is 12.9. The Balaban J connectivity index is 2.84. The molecule has 0 unspecified atom stereocenters. The lowest BCUT2D eigenvalue weighted by Crippen LogP contribution is -2.36. The van der Waals surface area contributed by atoms with E-state index in [-0.39, 0.29) is 10.5 Å². The quantitative estimate of drug-likeness (QED) is 0.762. The number of rotatable bonds is 6. The van der Waals surface area contributed by atoms with Crippen molar-refractivity contribution in [2.24, 2.45) is 5.73 Å². The van der Waals surface area contributed by atoms with Crippen molar-refractivity contribution in [3.05, 3.63) is 18.1 Å². The second kappa shape index (κ2) is 5.91. The molecule has 0 aliphatic rings. The lowest BCUT2D eigenvalue weighted by Gasteiger charge is -2.32. The number of aromatic nitrogens is 2. The van der Waals surface area contributed by atoms with Gasteiger partial charge in [-0.1, -0.05) is 33.0 Å². The van der Waals surface area contributed by atoms with Crippen molar-refractivity contribution in [2.45, 2.75) is 45.6 Å². The first-order chi connectivity index (χ1) is 8.06. The summed E-state index contributed by atoms with van der Waals surface area (Å²) in [6.45, 7) is 6.53. The number of nitrogens with one attached hydrogen (secondary N) is 1. The first kappa shape index (κ1) is 13.8. The maximum absolute atomic E-state index is 5.48. The second-order valence-corrected chi connectivity index (χ2v) is 4.56. The summed E-state index contributed by atoms with van der Waals surface area (Å²) < 4.78 is 0. The summed E-state index contributed by atoms with van der Waals surface area (Å²) in [4.78, 5) is 8.74. The van der Waals surface area contributed by atoms with Gasteiger partial charge in [0, 0.05) is 5.54 Å². The predicted molar refractivity (Wildman–Crippen MR) is 75.1 cm³/mol. The van der Waals surface area contributed by atoms with Gasteiger partial charge in [-0.25, -0.2) is 9.97 Å². The molecule has 0 atom stereocenters. The van der Waals surface area contributed by atoms with Crippen molar-refractivity contribution in [1.29, 1.82) is 0 Å². The number of thiocarbonyl (C=S) groups is 1. The average Bonchev–Trinajstić information content (AvgIpc) is 2.37. The molecular formula is C12H20N4S. The molecule has 0 radical (unpaired) electrons. The van der Waals surface area contributed by atoms with Gasteiger partial charge in [0.2, 0.25) is 0 Å². The van der Waals surface area contributed by atoms with Gasteiger partial charge in [0.25, 0.3) is 0 Å². The summed E-state index contributed by atoms with van der Waals surface area (Å²) in [5.74, 6) is 0.774. The Bertz CT molecular complexity index is 362. The van der Waals surface area contributed by atoms with Crippen molar-refractivity contribution >= 4 is 23.0 Å². The number of nitrogens with zero attached hydrogens (tertiary/aromatic N) is 2. The maximum Gasteiger partial charge on any atom is 0.144 e. The Morgan fingerprint density at radius 1 is 1.24 bits per heavy atom. The van der Waals surface area contributed by atoms with Gasteiger partial charge in [0.05, 0.1) is 12.4 Å². The lowest BCUT2D eigenvalue weighted by molar-refractivity contribution is 0.419. The minimum Gasteiger partial charge on any atom is -0.388 e. The number of hydrogen-bond acceptors (Lipinski definition) is 4. The van der Waals surface area contributed by atoms with E-state index in [0.717, 1.165) is 25.1 Å². The molecule has 0 amide bonds. The lowest BCUT2D eigenvalue weighted by atomic mass is 9.90. The molecule has 0 fully saturated rings. The second-order valence-electron chi connectivity index (χ2n) is 4.12. The van der Waals surface area contributed by atoms with E-state index in [9.17, 15) is 0 Å². The molecular weight excluding hydrogens is 232 g/mol. The fourth-order valence-corrected chi connectivity index (χ4v) is 1.91. The van der Waals surface area contributed by atoms with Gasteiger partial charge in [-0.2, -0.15) is 0 Å². The first-order valence-electron chi connectivity index (χ1n) is 5.97. The van der Waals surface area contributed by atoms with E-state index in [1.165, 1.54) is 0 Å². The molecule has 5 heteroatoms. The highest BCUT2D eigenvalue weighted by atomic mass is 32.1. The first-order valence-corrected chi connectivity index (χ1v) is 6.37.